The van der Waals surface area contributed by atoms with Crippen LogP contribution < -0.4 is 16.0 Å². The Kier molecular flexibility index (Phi) is 6.93. The number of nitrogens with one attached hydrogen (secondary N) is 3. The van der Waals surface area contributed by atoms with Crippen LogP contribution in [0.3, 0.4) is 0 Å². The summed E-state index contributed by atoms with van der Waals surface area (Å²) in [5.74, 6) is -0.621. The van der Waals surface area contributed by atoms with Crippen molar-refractivity contribution in [1.82, 2.24) is 20.9 Å². The predicted molar refractivity (Wildman–Crippen MR) is 96.2 cm³/mol. The van der Waals surface area contributed by atoms with Crippen molar-refractivity contribution in [2.24, 2.45) is 0 Å². The SMILES string of the molecule is CNC(=O)NC(C)(C)C(=O)NCC(c1cccc(F)c1)N1CCOCC1. The summed E-state index contributed by atoms with van der Waals surface area (Å²) in [6, 6.07) is 5.80. The van der Waals surface area contributed by atoms with Crippen LogP contribution in [0, 0.1) is 5.82 Å². The molecule has 26 heavy (non-hydrogen) atoms. The number of benzene rings is 1. The van der Waals surface area contributed by atoms with E-state index in [0.29, 0.717) is 32.8 Å². The molecular weight excluding hydrogens is 339 g/mol. The van der Waals surface area contributed by atoms with Crippen molar-refractivity contribution in [1.29, 1.82) is 0 Å². The van der Waals surface area contributed by atoms with Crippen LogP contribution in [0.25, 0.3) is 0 Å². The topological polar surface area (TPSA) is 82.7 Å². The normalized spacial score (nSPS) is 16.6. The molecule has 0 bridgehead atoms. The molecule has 1 fully saturated rings. The summed E-state index contributed by atoms with van der Waals surface area (Å²) in [7, 11) is 1.49. The highest BCUT2D eigenvalue weighted by atomic mass is 19.1. The van der Waals surface area contributed by atoms with Crippen molar-refractivity contribution in [3.8, 4) is 0 Å². The number of hydrogen-bond acceptors (Lipinski definition) is 4. The second kappa shape index (κ2) is 8.95. The lowest BCUT2D eigenvalue weighted by Gasteiger charge is -2.35. The van der Waals surface area contributed by atoms with Crippen molar-refractivity contribution in [2.75, 3.05) is 39.9 Å². The zero-order valence-electron chi connectivity index (χ0n) is 15.5. The van der Waals surface area contributed by atoms with Gasteiger partial charge in [0.25, 0.3) is 0 Å². The molecule has 8 heteroatoms. The number of halogens is 1. The fourth-order valence-electron chi connectivity index (χ4n) is 2.87. The van der Waals surface area contributed by atoms with E-state index in [1.165, 1.54) is 19.2 Å². The van der Waals surface area contributed by atoms with Gasteiger partial charge in [0.1, 0.15) is 11.4 Å². The maximum absolute atomic E-state index is 13.7. The Hall–Kier alpha value is -2.19. The average Bonchev–Trinajstić information content (AvgIpc) is 2.62. The minimum absolute atomic E-state index is 0.172. The molecule has 7 nitrogen and oxygen atoms in total. The van der Waals surface area contributed by atoms with Crippen LogP contribution >= 0.6 is 0 Å². The van der Waals surface area contributed by atoms with Gasteiger partial charge in [0, 0.05) is 26.7 Å². The third-order valence-corrected chi connectivity index (χ3v) is 4.40. The first-order chi connectivity index (χ1) is 12.3. The lowest BCUT2D eigenvalue weighted by atomic mass is 10.0. The number of morpholine rings is 1. The first kappa shape index (κ1) is 20.1. The molecule has 1 aromatic carbocycles. The van der Waals surface area contributed by atoms with Crippen LogP contribution in [0.2, 0.25) is 0 Å². The molecule has 1 saturated heterocycles. The van der Waals surface area contributed by atoms with E-state index >= 15 is 0 Å². The number of hydrogen-bond donors (Lipinski definition) is 3. The number of carbonyl (C=O) groups is 2. The highest BCUT2D eigenvalue weighted by molar-refractivity contribution is 5.90. The summed E-state index contributed by atoms with van der Waals surface area (Å²) >= 11 is 0. The number of rotatable bonds is 6. The van der Waals surface area contributed by atoms with Crippen molar-refractivity contribution < 1.29 is 18.7 Å². The first-order valence-corrected chi connectivity index (χ1v) is 8.69. The number of nitrogens with zero attached hydrogens (tertiary/aromatic N) is 1. The summed E-state index contributed by atoms with van der Waals surface area (Å²) in [4.78, 5) is 26.2. The number of carbonyl (C=O) groups excluding carboxylic acids is 2. The Morgan fingerprint density at radius 3 is 2.62 bits per heavy atom. The number of ether oxygens (including phenoxy) is 1. The van der Waals surface area contributed by atoms with Crippen LogP contribution in [0.15, 0.2) is 24.3 Å². The van der Waals surface area contributed by atoms with E-state index in [0.717, 1.165) is 5.56 Å². The van der Waals surface area contributed by atoms with Gasteiger partial charge in [-0.2, -0.15) is 0 Å². The Morgan fingerprint density at radius 2 is 2.00 bits per heavy atom. The largest absolute Gasteiger partial charge is 0.379 e. The third kappa shape index (κ3) is 5.40. The fourth-order valence-corrected chi connectivity index (χ4v) is 2.87. The quantitative estimate of drug-likeness (QED) is 0.702. The van der Waals surface area contributed by atoms with Crippen LogP contribution in [0.5, 0.6) is 0 Å². The monoisotopic (exact) mass is 366 g/mol. The maximum Gasteiger partial charge on any atom is 0.315 e. The summed E-state index contributed by atoms with van der Waals surface area (Å²) in [5, 5.41) is 7.91. The molecule has 3 amide bonds. The maximum atomic E-state index is 13.7. The van der Waals surface area contributed by atoms with Crippen molar-refractivity contribution in [2.45, 2.75) is 25.4 Å². The molecule has 1 aromatic rings. The molecular formula is C18H27FN4O3. The Morgan fingerprint density at radius 1 is 1.31 bits per heavy atom. The molecule has 3 N–H and O–H groups in total. The smallest absolute Gasteiger partial charge is 0.315 e. The Bertz CT molecular complexity index is 633. The molecule has 0 aliphatic carbocycles. The zero-order chi connectivity index (χ0) is 19.2. The van der Waals surface area contributed by atoms with E-state index in [2.05, 4.69) is 20.9 Å². The molecule has 1 aliphatic heterocycles. The highest BCUT2D eigenvalue weighted by Crippen LogP contribution is 2.22. The summed E-state index contributed by atoms with van der Waals surface area (Å²) < 4.78 is 19.1. The van der Waals surface area contributed by atoms with Crippen molar-refractivity contribution >= 4 is 11.9 Å². The first-order valence-electron chi connectivity index (χ1n) is 8.69. The van der Waals surface area contributed by atoms with Crippen LogP contribution in [0.4, 0.5) is 9.18 Å². The lowest BCUT2D eigenvalue weighted by Crippen LogP contribution is -2.57. The summed E-state index contributed by atoms with van der Waals surface area (Å²) in [6.07, 6.45) is 0. The second-order valence-corrected chi connectivity index (χ2v) is 6.76. The fraction of sp³-hybridized carbons (Fsp3) is 0.556. The van der Waals surface area contributed by atoms with E-state index in [-0.39, 0.29) is 17.8 Å². The highest BCUT2D eigenvalue weighted by Gasteiger charge is 2.31. The molecule has 1 atom stereocenters. The molecule has 0 aromatic heterocycles. The standard InChI is InChI=1S/C18H27FN4O3/c1-18(2,22-17(25)20-3)16(24)21-12-15(23-7-9-26-10-8-23)13-5-4-6-14(19)11-13/h4-6,11,15H,7-10,12H2,1-3H3,(H,21,24)(H2,20,22,25). The summed E-state index contributed by atoms with van der Waals surface area (Å²) in [5.41, 5.74) is -0.276. The average molecular weight is 366 g/mol. The van der Waals surface area contributed by atoms with E-state index in [1.807, 2.05) is 6.07 Å². The van der Waals surface area contributed by atoms with Crippen LogP contribution in [-0.4, -0.2) is 62.3 Å². The Labute approximate surface area is 153 Å². The van der Waals surface area contributed by atoms with E-state index < -0.39 is 11.6 Å². The Balaban J connectivity index is 2.09. The van der Waals surface area contributed by atoms with Gasteiger partial charge < -0.3 is 20.7 Å². The second-order valence-electron chi connectivity index (χ2n) is 6.76. The van der Waals surface area contributed by atoms with Gasteiger partial charge in [-0.15, -0.1) is 0 Å². The van der Waals surface area contributed by atoms with Gasteiger partial charge in [0.05, 0.1) is 19.3 Å². The molecule has 0 radical (unpaired) electrons. The van der Waals surface area contributed by atoms with Gasteiger partial charge in [-0.05, 0) is 31.5 Å². The minimum Gasteiger partial charge on any atom is -0.379 e. The van der Waals surface area contributed by atoms with Crippen LogP contribution in [0.1, 0.15) is 25.5 Å². The van der Waals surface area contributed by atoms with Crippen molar-refractivity contribution in [3.05, 3.63) is 35.6 Å². The van der Waals surface area contributed by atoms with Gasteiger partial charge in [-0.3, -0.25) is 9.69 Å². The summed E-state index contributed by atoms with van der Waals surface area (Å²) in [6.45, 7) is 6.18. The third-order valence-electron chi connectivity index (χ3n) is 4.40. The molecule has 1 unspecified atom stereocenters. The van der Waals surface area contributed by atoms with Gasteiger partial charge in [-0.1, -0.05) is 12.1 Å². The number of amides is 3. The van der Waals surface area contributed by atoms with Gasteiger partial charge in [-0.25, -0.2) is 9.18 Å². The molecule has 1 heterocycles. The lowest BCUT2D eigenvalue weighted by molar-refractivity contribution is -0.126. The van der Waals surface area contributed by atoms with Gasteiger partial charge in [0.2, 0.25) is 5.91 Å². The molecule has 0 saturated carbocycles. The van der Waals surface area contributed by atoms with E-state index in [9.17, 15) is 14.0 Å². The molecule has 1 aliphatic rings. The predicted octanol–water partition coefficient (Wildman–Crippen LogP) is 1.02. The van der Waals surface area contributed by atoms with E-state index in [4.69, 9.17) is 4.74 Å². The van der Waals surface area contributed by atoms with Gasteiger partial charge in [0.15, 0.2) is 0 Å². The van der Waals surface area contributed by atoms with Crippen molar-refractivity contribution in [3.63, 3.8) is 0 Å². The van der Waals surface area contributed by atoms with Crippen LogP contribution in [-0.2, 0) is 9.53 Å². The molecule has 2 rings (SSSR count). The molecule has 144 valence electrons. The number of urea groups is 1. The van der Waals surface area contributed by atoms with Gasteiger partial charge >= 0.3 is 6.03 Å². The molecule has 0 spiro atoms. The zero-order valence-corrected chi connectivity index (χ0v) is 15.5. The minimum atomic E-state index is -1.07. The van der Waals surface area contributed by atoms with E-state index in [1.54, 1.807) is 19.9 Å².